The van der Waals surface area contributed by atoms with Crippen LogP contribution in [0.1, 0.15) is 10.4 Å². The van der Waals surface area contributed by atoms with Crippen LogP contribution in [0.3, 0.4) is 0 Å². The number of hydrogen-bond donors (Lipinski definition) is 0. The van der Waals surface area contributed by atoms with Crippen LogP contribution in [0, 0.1) is 3.70 Å². The molecule has 0 N–H and O–H groups in total. The molecule has 14 heavy (non-hydrogen) atoms. The third-order valence-electron chi connectivity index (χ3n) is 1.57. The van der Waals surface area contributed by atoms with Crippen LogP contribution in [0.4, 0.5) is 0 Å². The van der Waals surface area contributed by atoms with Gasteiger partial charge in [0.15, 0.2) is 5.78 Å². The lowest BCUT2D eigenvalue weighted by Gasteiger charge is -2.01. The maximum atomic E-state index is 11.6. The van der Waals surface area contributed by atoms with Gasteiger partial charge in [0.25, 0.3) is 0 Å². The molecule has 4 nitrogen and oxygen atoms in total. The summed E-state index contributed by atoms with van der Waals surface area (Å²) in [5.41, 5.74) is 0.645. The van der Waals surface area contributed by atoms with Crippen molar-refractivity contribution in [3.8, 4) is 0 Å². The zero-order chi connectivity index (χ0) is 10.7. The van der Waals surface area contributed by atoms with E-state index in [9.17, 15) is 4.79 Å². The number of rotatable bonds is 3. The number of hydrogen-bond acceptors (Lipinski definition) is 3. The zero-order valence-corrected chi connectivity index (χ0v) is 10.5. The topological polar surface area (TPSA) is 38.1 Å². The molecule has 0 atom stereocenters. The third kappa shape index (κ3) is 2.83. The summed E-state index contributed by atoms with van der Waals surface area (Å²) >= 11 is 2.05. The highest BCUT2D eigenvalue weighted by atomic mass is 127. The van der Waals surface area contributed by atoms with Gasteiger partial charge >= 0.3 is 0 Å². The van der Waals surface area contributed by atoms with Gasteiger partial charge in [-0.3, -0.25) is 9.48 Å². The molecule has 1 rings (SSSR count). The van der Waals surface area contributed by atoms with E-state index in [-0.39, 0.29) is 5.78 Å². The lowest BCUT2D eigenvalue weighted by molar-refractivity contribution is 0.104. The highest BCUT2D eigenvalue weighted by Crippen LogP contribution is 2.10. The van der Waals surface area contributed by atoms with Crippen molar-refractivity contribution in [2.24, 2.45) is 7.05 Å². The molecule has 0 spiro atoms. The normalized spacial score (nSPS) is 10.9. The molecule has 0 aliphatic heterocycles. The predicted octanol–water partition coefficient (Wildman–Crippen LogP) is 1.28. The van der Waals surface area contributed by atoms with Gasteiger partial charge in [0.05, 0.1) is 5.56 Å². The van der Waals surface area contributed by atoms with Crippen molar-refractivity contribution < 1.29 is 4.79 Å². The first kappa shape index (κ1) is 11.2. The average molecular weight is 305 g/mol. The number of halogens is 1. The standard InChI is InChI=1S/C9H12IN3O/c1-12(2)5-4-8(14)7-6-13(3)11-9(7)10/h4-6H,1-3H3/b5-4+. The summed E-state index contributed by atoms with van der Waals surface area (Å²) in [6, 6.07) is 0. The van der Waals surface area contributed by atoms with Crippen LogP contribution in [0.5, 0.6) is 0 Å². The van der Waals surface area contributed by atoms with E-state index in [0.717, 1.165) is 3.70 Å². The Bertz CT molecular complexity index is 368. The van der Waals surface area contributed by atoms with E-state index < -0.39 is 0 Å². The van der Waals surface area contributed by atoms with Crippen molar-refractivity contribution in [3.05, 3.63) is 27.7 Å². The molecule has 1 heterocycles. The van der Waals surface area contributed by atoms with Gasteiger partial charge < -0.3 is 4.90 Å². The van der Waals surface area contributed by atoms with E-state index in [0.29, 0.717) is 5.56 Å². The second kappa shape index (κ2) is 4.59. The molecule has 76 valence electrons. The van der Waals surface area contributed by atoms with Crippen LogP contribution in [-0.2, 0) is 7.05 Å². The molecule has 0 aromatic carbocycles. The van der Waals surface area contributed by atoms with Gasteiger partial charge in [-0.25, -0.2) is 0 Å². The van der Waals surface area contributed by atoms with Crippen LogP contribution < -0.4 is 0 Å². The molecule has 0 radical (unpaired) electrons. The van der Waals surface area contributed by atoms with Crippen LogP contribution in [-0.4, -0.2) is 34.6 Å². The number of carbonyl (C=O) groups is 1. The van der Waals surface area contributed by atoms with Gasteiger partial charge in [0.1, 0.15) is 3.70 Å². The first-order chi connectivity index (χ1) is 6.50. The van der Waals surface area contributed by atoms with E-state index in [1.54, 1.807) is 30.2 Å². The Kier molecular flexibility index (Phi) is 3.68. The fourth-order valence-corrected chi connectivity index (χ4v) is 1.68. The molecule has 0 fully saturated rings. The molecule has 0 unspecified atom stereocenters. The molecule has 0 aliphatic carbocycles. The monoisotopic (exact) mass is 305 g/mol. The molecular weight excluding hydrogens is 293 g/mol. The van der Waals surface area contributed by atoms with E-state index in [1.165, 1.54) is 0 Å². The number of ketones is 1. The molecule has 0 bridgehead atoms. The maximum Gasteiger partial charge on any atom is 0.191 e. The smallest absolute Gasteiger partial charge is 0.191 e. The molecular formula is C9H12IN3O. The first-order valence-corrected chi connectivity index (χ1v) is 5.16. The van der Waals surface area contributed by atoms with E-state index >= 15 is 0 Å². The van der Waals surface area contributed by atoms with E-state index in [1.807, 2.05) is 19.0 Å². The van der Waals surface area contributed by atoms with Gasteiger partial charge in [0, 0.05) is 39.6 Å². The molecule has 1 aromatic heterocycles. The van der Waals surface area contributed by atoms with Crippen LogP contribution in [0.25, 0.3) is 0 Å². The van der Waals surface area contributed by atoms with E-state index in [4.69, 9.17) is 0 Å². The number of aryl methyl sites for hydroxylation is 1. The van der Waals surface area contributed by atoms with E-state index in [2.05, 4.69) is 27.7 Å². The van der Waals surface area contributed by atoms with Crippen molar-refractivity contribution in [1.82, 2.24) is 14.7 Å². The van der Waals surface area contributed by atoms with Crippen molar-refractivity contribution >= 4 is 28.4 Å². The van der Waals surface area contributed by atoms with Gasteiger partial charge in [-0.15, -0.1) is 0 Å². The quantitative estimate of drug-likeness (QED) is 0.480. The minimum absolute atomic E-state index is 0.0174. The minimum atomic E-state index is -0.0174. The highest BCUT2D eigenvalue weighted by Gasteiger charge is 2.10. The Morgan fingerprint density at radius 2 is 2.29 bits per heavy atom. The second-order valence-corrected chi connectivity index (χ2v) is 4.17. The molecule has 0 saturated heterocycles. The second-order valence-electron chi connectivity index (χ2n) is 3.15. The predicted molar refractivity (Wildman–Crippen MR) is 63.1 cm³/mol. The number of allylic oxidation sites excluding steroid dienone is 1. The maximum absolute atomic E-state index is 11.6. The van der Waals surface area contributed by atoms with Crippen LogP contribution in [0.2, 0.25) is 0 Å². The lowest BCUT2D eigenvalue weighted by Crippen LogP contribution is -2.03. The summed E-state index contributed by atoms with van der Waals surface area (Å²) in [7, 11) is 5.55. The zero-order valence-electron chi connectivity index (χ0n) is 8.36. The molecule has 0 saturated carbocycles. The van der Waals surface area contributed by atoms with Crippen LogP contribution in [0.15, 0.2) is 18.5 Å². The molecule has 0 amide bonds. The van der Waals surface area contributed by atoms with Gasteiger partial charge in [0.2, 0.25) is 0 Å². The van der Waals surface area contributed by atoms with Crippen molar-refractivity contribution in [2.45, 2.75) is 0 Å². The fourth-order valence-electron chi connectivity index (χ4n) is 0.933. The molecule has 0 aliphatic rings. The average Bonchev–Trinajstić information content (AvgIpc) is 2.41. The summed E-state index contributed by atoms with van der Waals surface area (Å²) in [5, 5.41) is 4.09. The Labute approximate surface area is 96.7 Å². The summed E-state index contributed by atoms with van der Waals surface area (Å²) in [6.07, 6.45) is 4.99. The SMILES string of the molecule is CN(C)/C=C/C(=O)c1cn(C)nc1I. The Morgan fingerprint density at radius 1 is 1.64 bits per heavy atom. The minimum Gasteiger partial charge on any atom is -0.383 e. The van der Waals surface area contributed by atoms with Gasteiger partial charge in [-0.05, 0) is 22.6 Å². The Balaban J connectivity index is 2.85. The first-order valence-electron chi connectivity index (χ1n) is 4.09. The van der Waals surface area contributed by atoms with Crippen molar-refractivity contribution in [3.63, 3.8) is 0 Å². The Morgan fingerprint density at radius 3 is 2.71 bits per heavy atom. The van der Waals surface area contributed by atoms with Crippen molar-refractivity contribution in [1.29, 1.82) is 0 Å². The largest absolute Gasteiger partial charge is 0.383 e. The third-order valence-corrected chi connectivity index (χ3v) is 2.37. The summed E-state index contributed by atoms with van der Waals surface area (Å²) in [6.45, 7) is 0. The highest BCUT2D eigenvalue weighted by molar-refractivity contribution is 14.1. The summed E-state index contributed by atoms with van der Waals surface area (Å²) in [5.74, 6) is -0.0174. The summed E-state index contributed by atoms with van der Waals surface area (Å²) in [4.78, 5) is 13.4. The van der Waals surface area contributed by atoms with Crippen molar-refractivity contribution in [2.75, 3.05) is 14.1 Å². The molecule has 1 aromatic rings. The van der Waals surface area contributed by atoms with Crippen LogP contribution >= 0.6 is 22.6 Å². The lowest BCUT2D eigenvalue weighted by atomic mass is 10.2. The Hall–Kier alpha value is -0.850. The van der Waals surface area contributed by atoms with Gasteiger partial charge in [-0.2, -0.15) is 5.10 Å². The number of carbonyl (C=O) groups excluding carboxylic acids is 1. The fraction of sp³-hybridized carbons (Fsp3) is 0.333. The summed E-state index contributed by atoms with van der Waals surface area (Å²) < 4.78 is 2.37. The number of nitrogens with zero attached hydrogens (tertiary/aromatic N) is 3. The molecule has 5 heteroatoms. The van der Waals surface area contributed by atoms with Gasteiger partial charge in [-0.1, -0.05) is 0 Å². The number of aromatic nitrogens is 2.